The van der Waals surface area contributed by atoms with Crippen LogP contribution in [-0.4, -0.2) is 56.6 Å². The lowest BCUT2D eigenvalue weighted by Crippen LogP contribution is -2.33. The highest BCUT2D eigenvalue weighted by atomic mass is 35.5. The number of nitrogens with zero attached hydrogens (tertiary/aromatic N) is 1. The molecule has 18 heavy (non-hydrogen) atoms. The van der Waals surface area contributed by atoms with Crippen LogP contribution < -0.4 is 4.74 Å². The maximum atomic E-state index is 8.95. The van der Waals surface area contributed by atoms with Gasteiger partial charge in [-0.25, -0.2) is 0 Å². The van der Waals surface area contributed by atoms with Crippen molar-refractivity contribution in [2.24, 2.45) is 0 Å². The molecule has 4 nitrogen and oxygen atoms in total. The fourth-order valence-corrected chi connectivity index (χ4v) is 1.73. The molecule has 0 radical (unpaired) electrons. The molecule has 0 saturated heterocycles. The van der Waals surface area contributed by atoms with E-state index in [0.717, 1.165) is 13.1 Å². The second kappa shape index (κ2) is 9.16. The molecule has 0 aliphatic carbocycles. The van der Waals surface area contributed by atoms with Crippen molar-refractivity contribution in [3.8, 4) is 5.75 Å². The first-order chi connectivity index (χ1) is 8.77. The van der Waals surface area contributed by atoms with Crippen LogP contribution >= 0.6 is 11.6 Å². The highest BCUT2D eigenvalue weighted by Gasteiger charge is 2.05. The van der Waals surface area contributed by atoms with Gasteiger partial charge in [0.25, 0.3) is 0 Å². The molecule has 0 saturated carbocycles. The summed E-state index contributed by atoms with van der Waals surface area (Å²) in [6.07, 6.45) is 0. The monoisotopic (exact) mass is 273 g/mol. The summed E-state index contributed by atoms with van der Waals surface area (Å²) in [5, 5.41) is 9.57. The number of halogens is 1. The lowest BCUT2D eigenvalue weighted by molar-refractivity contribution is 0.118. The minimum atomic E-state index is 0.135. The molecule has 1 N–H and O–H groups in total. The van der Waals surface area contributed by atoms with E-state index in [1.165, 1.54) is 0 Å². The van der Waals surface area contributed by atoms with Crippen molar-refractivity contribution in [1.82, 2.24) is 4.90 Å². The van der Waals surface area contributed by atoms with Gasteiger partial charge in [0.15, 0.2) is 0 Å². The summed E-state index contributed by atoms with van der Waals surface area (Å²) in [6, 6.07) is 7.39. The Morgan fingerprint density at radius 3 is 2.56 bits per heavy atom. The highest BCUT2D eigenvalue weighted by molar-refractivity contribution is 6.32. The molecule has 0 atom stereocenters. The third kappa shape index (κ3) is 5.69. The zero-order valence-electron chi connectivity index (χ0n) is 10.6. The van der Waals surface area contributed by atoms with E-state index >= 15 is 0 Å². The van der Waals surface area contributed by atoms with Gasteiger partial charge in [-0.3, -0.25) is 4.90 Å². The van der Waals surface area contributed by atoms with Gasteiger partial charge in [0, 0.05) is 26.7 Å². The number of ether oxygens (including phenoxy) is 2. The van der Waals surface area contributed by atoms with Crippen molar-refractivity contribution in [2.75, 3.05) is 46.6 Å². The second-order valence-corrected chi connectivity index (χ2v) is 4.24. The lowest BCUT2D eigenvalue weighted by atomic mass is 10.3. The summed E-state index contributed by atoms with van der Waals surface area (Å²) in [4.78, 5) is 2.08. The van der Waals surface area contributed by atoms with Gasteiger partial charge < -0.3 is 14.6 Å². The first-order valence-electron chi connectivity index (χ1n) is 5.97. The normalized spacial score (nSPS) is 10.9. The minimum absolute atomic E-state index is 0.135. The van der Waals surface area contributed by atoms with Crippen LogP contribution in [0.1, 0.15) is 0 Å². The molecule has 0 spiro atoms. The molecule has 1 aromatic rings. The Balaban J connectivity index is 2.31. The van der Waals surface area contributed by atoms with Gasteiger partial charge in [0.1, 0.15) is 12.4 Å². The van der Waals surface area contributed by atoms with Gasteiger partial charge in [-0.1, -0.05) is 23.7 Å². The van der Waals surface area contributed by atoms with Crippen LogP contribution in [0.5, 0.6) is 5.75 Å². The fraction of sp³-hybridized carbons (Fsp3) is 0.538. The number of rotatable bonds is 9. The van der Waals surface area contributed by atoms with E-state index in [1.807, 2.05) is 18.2 Å². The molecule has 1 aromatic carbocycles. The summed E-state index contributed by atoms with van der Waals surface area (Å²) in [7, 11) is 1.66. The largest absolute Gasteiger partial charge is 0.491 e. The third-order valence-corrected chi connectivity index (χ3v) is 2.84. The molecule has 0 amide bonds. The predicted octanol–water partition coefficient (Wildman–Crippen LogP) is 1.66. The third-order valence-electron chi connectivity index (χ3n) is 2.53. The second-order valence-electron chi connectivity index (χ2n) is 3.84. The standard InChI is InChI=1S/C13H20ClNO3/c1-17-10-7-15(6-9-16)8-11-18-13-5-3-2-4-12(13)14/h2-5,16H,6-11H2,1H3. The zero-order valence-corrected chi connectivity index (χ0v) is 11.4. The van der Waals surface area contributed by atoms with E-state index in [-0.39, 0.29) is 6.61 Å². The molecular formula is C13H20ClNO3. The molecule has 0 aromatic heterocycles. The van der Waals surface area contributed by atoms with Gasteiger partial charge in [-0.2, -0.15) is 0 Å². The number of benzene rings is 1. The van der Waals surface area contributed by atoms with Crippen LogP contribution in [0.2, 0.25) is 5.02 Å². The van der Waals surface area contributed by atoms with E-state index in [0.29, 0.717) is 30.5 Å². The van der Waals surface area contributed by atoms with Crippen LogP contribution in [0.25, 0.3) is 0 Å². The molecule has 0 aliphatic rings. The number of aliphatic hydroxyl groups is 1. The van der Waals surface area contributed by atoms with Gasteiger partial charge in [-0.05, 0) is 12.1 Å². The summed E-state index contributed by atoms with van der Waals surface area (Å²) in [6.45, 7) is 3.45. The molecule has 102 valence electrons. The Morgan fingerprint density at radius 1 is 1.17 bits per heavy atom. The Labute approximate surface area is 113 Å². The Morgan fingerprint density at radius 2 is 1.89 bits per heavy atom. The lowest BCUT2D eigenvalue weighted by Gasteiger charge is -2.20. The van der Waals surface area contributed by atoms with E-state index in [1.54, 1.807) is 13.2 Å². The van der Waals surface area contributed by atoms with Gasteiger partial charge in [-0.15, -0.1) is 0 Å². The topological polar surface area (TPSA) is 41.9 Å². The van der Waals surface area contributed by atoms with E-state index < -0.39 is 0 Å². The number of hydrogen-bond donors (Lipinski definition) is 1. The summed E-state index contributed by atoms with van der Waals surface area (Å²) >= 11 is 5.99. The molecule has 0 unspecified atom stereocenters. The van der Waals surface area contributed by atoms with Crippen molar-refractivity contribution in [3.63, 3.8) is 0 Å². The SMILES string of the molecule is COCCN(CCO)CCOc1ccccc1Cl. The molecule has 0 bridgehead atoms. The molecular weight excluding hydrogens is 254 g/mol. The Hall–Kier alpha value is -0.810. The summed E-state index contributed by atoms with van der Waals surface area (Å²) in [5.74, 6) is 0.690. The van der Waals surface area contributed by atoms with E-state index in [2.05, 4.69) is 4.90 Å². The van der Waals surface area contributed by atoms with Gasteiger partial charge in [0.05, 0.1) is 18.2 Å². The number of hydrogen-bond acceptors (Lipinski definition) is 4. The van der Waals surface area contributed by atoms with Crippen molar-refractivity contribution in [3.05, 3.63) is 29.3 Å². The molecule has 1 rings (SSSR count). The number of aliphatic hydroxyl groups excluding tert-OH is 1. The average molecular weight is 274 g/mol. The quantitative estimate of drug-likeness (QED) is 0.743. The zero-order chi connectivity index (χ0) is 13.2. The van der Waals surface area contributed by atoms with Crippen LogP contribution in [0.15, 0.2) is 24.3 Å². The van der Waals surface area contributed by atoms with Crippen molar-refractivity contribution >= 4 is 11.6 Å². The van der Waals surface area contributed by atoms with Crippen molar-refractivity contribution < 1.29 is 14.6 Å². The van der Waals surface area contributed by atoms with E-state index in [9.17, 15) is 0 Å². The molecule has 0 aliphatic heterocycles. The van der Waals surface area contributed by atoms with Crippen LogP contribution in [0.4, 0.5) is 0 Å². The highest BCUT2D eigenvalue weighted by Crippen LogP contribution is 2.22. The number of para-hydroxylation sites is 1. The predicted molar refractivity (Wildman–Crippen MR) is 72.3 cm³/mol. The molecule has 0 fully saturated rings. The molecule has 5 heteroatoms. The minimum Gasteiger partial charge on any atom is -0.491 e. The smallest absolute Gasteiger partial charge is 0.137 e. The fourth-order valence-electron chi connectivity index (χ4n) is 1.54. The van der Waals surface area contributed by atoms with Crippen molar-refractivity contribution in [2.45, 2.75) is 0 Å². The Bertz CT molecular complexity index is 336. The van der Waals surface area contributed by atoms with E-state index in [4.69, 9.17) is 26.2 Å². The first kappa shape index (κ1) is 15.2. The summed E-state index contributed by atoms with van der Waals surface area (Å²) < 4.78 is 10.6. The maximum Gasteiger partial charge on any atom is 0.137 e. The molecule has 0 heterocycles. The summed E-state index contributed by atoms with van der Waals surface area (Å²) in [5.41, 5.74) is 0. The van der Waals surface area contributed by atoms with Crippen LogP contribution in [-0.2, 0) is 4.74 Å². The average Bonchev–Trinajstić information content (AvgIpc) is 2.38. The van der Waals surface area contributed by atoms with Gasteiger partial charge in [0.2, 0.25) is 0 Å². The van der Waals surface area contributed by atoms with Crippen molar-refractivity contribution in [1.29, 1.82) is 0 Å². The Kier molecular flexibility index (Phi) is 7.76. The maximum absolute atomic E-state index is 8.95. The van der Waals surface area contributed by atoms with Gasteiger partial charge >= 0.3 is 0 Å². The number of methoxy groups -OCH3 is 1. The first-order valence-corrected chi connectivity index (χ1v) is 6.35. The van der Waals surface area contributed by atoms with Crippen LogP contribution in [0, 0.1) is 0 Å². The van der Waals surface area contributed by atoms with Crippen LogP contribution in [0.3, 0.4) is 0 Å².